The molecule has 0 saturated carbocycles. The largest absolute Gasteiger partial charge is 0.490 e. The summed E-state index contributed by atoms with van der Waals surface area (Å²) in [6.07, 6.45) is 0. The average molecular weight is 497 g/mol. The molecule has 170 valence electrons. The van der Waals surface area contributed by atoms with Crippen LogP contribution in [0.2, 0.25) is 10.0 Å². The Bertz CT molecular complexity index is 1040. The molecule has 0 unspecified atom stereocenters. The number of para-hydroxylation sites is 1. The van der Waals surface area contributed by atoms with E-state index in [2.05, 4.69) is 5.32 Å². The zero-order valence-electron chi connectivity index (χ0n) is 17.4. The number of carboxylic acids is 1. The molecule has 0 spiro atoms. The molecule has 0 radical (unpaired) electrons. The number of carbonyl (C=O) groups is 1. The van der Waals surface area contributed by atoms with Crippen LogP contribution in [0.4, 0.5) is 0 Å². The van der Waals surface area contributed by atoms with E-state index in [4.69, 9.17) is 37.8 Å². The van der Waals surface area contributed by atoms with E-state index in [1.54, 1.807) is 36.4 Å². The van der Waals surface area contributed by atoms with E-state index in [1.807, 2.05) is 31.2 Å². The molecular weight excluding hydrogens is 473 g/mol. The number of aromatic carboxylic acids is 1. The molecule has 3 rings (SSSR count). The van der Waals surface area contributed by atoms with Crippen molar-refractivity contribution in [1.29, 1.82) is 0 Å². The molecule has 0 aliphatic rings. The van der Waals surface area contributed by atoms with E-state index in [1.165, 1.54) is 0 Å². The van der Waals surface area contributed by atoms with Crippen LogP contribution >= 0.6 is 35.6 Å². The van der Waals surface area contributed by atoms with Crippen LogP contribution in [0, 0.1) is 0 Å². The van der Waals surface area contributed by atoms with Crippen molar-refractivity contribution in [2.75, 3.05) is 6.61 Å². The number of rotatable bonds is 10. The van der Waals surface area contributed by atoms with Crippen LogP contribution in [0.25, 0.3) is 0 Å². The smallest absolute Gasteiger partial charge is 0.335 e. The second-order valence-corrected chi connectivity index (χ2v) is 7.65. The minimum absolute atomic E-state index is 0. The van der Waals surface area contributed by atoms with Crippen molar-refractivity contribution in [2.45, 2.75) is 26.6 Å². The lowest BCUT2D eigenvalue weighted by Gasteiger charge is -2.17. The van der Waals surface area contributed by atoms with Gasteiger partial charge in [0.25, 0.3) is 0 Å². The standard InChI is InChI=1S/C24H23Cl2NO4.ClH/c1-2-30-22-5-3-4-18(14-27-13-16-6-8-17(9-7-16)24(28)29)23(22)31-15-19-10-11-20(25)12-21(19)26;/h3-12,27H,2,13-15H2,1H3,(H,28,29);1H. The highest BCUT2D eigenvalue weighted by atomic mass is 35.5. The summed E-state index contributed by atoms with van der Waals surface area (Å²) in [4.78, 5) is 11.0. The maximum Gasteiger partial charge on any atom is 0.335 e. The van der Waals surface area contributed by atoms with Crippen molar-refractivity contribution in [3.05, 3.63) is 93.0 Å². The van der Waals surface area contributed by atoms with Crippen molar-refractivity contribution >= 4 is 41.6 Å². The molecule has 32 heavy (non-hydrogen) atoms. The maximum atomic E-state index is 11.0. The summed E-state index contributed by atoms with van der Waals surface area (Å²) >= 11 is 12.2. The summed E-state index contributed by atoms with van der Waals surface area (Å²) in [6, 6.07) is 17.9. The molecule has 8 heteroatoms. The van der Waals surface area contributed by atoms with Gasteiger partial charge in [-0.25, -0.2) is 4.79 Å². The Morgan fingerprint density at radius 3 is 2.38 bits per heavy atom. The second kappa shape index (κ2) is 12.6. The zero-order valence-corrected chi connectivity index (χ0v) is 19.8. The SMILES string of the molecule is CCOc1cccc(CNCc2ccc(C(=O)O)cc2)c1OCc1ccc(Cl)cc1Cl.Cl. The molecule has 0 fully saturated rings. The molecule has 0 aromatic heterocycles. The van der Waals surface area contributed by atoms with Crippen LogP contribution < -0.4 is 14.8 Å². The van der Waals surface area contributed by atoms with E-state index in [0.29, 0.717) is 41.2 Å². The van der Waals surface area contributed by atoms with Crippen molar-refractivity contribution in [3.63, 3.8) is 0 Å². The number of nitrogens with one attached hydrogen (secondary N) is 1. The molecule has 0 heterocycles. The first-order valence-corrected chi connectivity index (χ1v) is 10.6. The third kappa shape index (κ3) is 7.04. The highest BCUT2D eigenvalue weighted by Crippen LogP contribution is 2.33. The van der Waals surface area contributed by atoms with Crippen LogP contribution in [0.15, 0.2) is 60.7 Å². The Labute approximate surface area is 203 Å². The fourth-order valence-electron chi connectivity index (χ4n) is 3.03. The van der Waals surface area contributed by atoms with Gasteiger partial charge < -0.3 is 19.9 Å². The van der Waals surface area contributed by atoms with Crippen molar-refractivity contribution in [1.82, 2.24) is 5.32 Å². The van der Waals surface area contributed by atoms with Gasteiger partial charge in [-0.3, -0.25) is 0 Å². The van der Waals surface area contributed by atoms with Gasteiger partial charge >= 0.3 is 5.97 Å². The van der Waals surface area contributed by atoms with Gasteiger partial charge in [0, 0.05) is 34.3 Å². The molecule has 2 N–H and O–H groups in total. The van der Waals surface area contributed by atoms with Crippen LogP contribution in [-0.4, -0.2) is 17.7 Å². The molecule has 0 bridgehead atoms. The fraction of sp³-hybridized carbons (Fsp3) is 0.208. The normalized spacial score (nSPS) is 10.3. The van der Waals surface area contributed by atoms with E-state index >= 15 is 0 Å². The second-order valence-electron chi connectivity index (χ2n) is 6.81. The third-order valence-corrected chi connectivity index (χ3v) is 5.18. The molecule has 5 nitrogen and oxygen atoms in total. The lowest BCUT2D eigenvalue weighted by atomic mass is 10.1. The van der Waals surface area contributed by atoms with Gasteiger partial charge in [-0.15, -0.1) is 12.4 Å². The van der Waals surface area contributed by atoms with Gasteiger partial charge in [-0.2, -0.15) is 0 Å². The first kappa shape index (κ1) is 25.8. The highest BCUT2D eigenvalue weighted by Gasteiger charge is 2.13. The highest BCUT2D eigenvalue weighted by molar-refractivity contribution is 6.35. The number of hydrogen-bond acceptors (Lipinski definition) is 4. The van der Waals surface area contributed by atoms with Crippen LogP contribution in [0.1, 0.15) is 34.0 Å². The van der Waals surface area contributed by atoms with Crippen molar-refractivity contribution < 1.29 is 19.4 Å². The summed E-state index contributed by atoms with van der Waals surface area (Å²) in [5.74, 6) is 0.386. The van der Waals surface area contributed by atoms with Crippen molar-refractivity contribution in [3.8, 4) is 11.5 Å². The van der Waals surface area contributed by atoms with Gasteiger partial charge in [0.1, 0.15) is 6.61 Å². The molecule has 3 aromatic rings. The number of ether oxygens (including phenoxy) is 2. The molecule has 3 aromatic carbocycles. The minimum atomic E-state index is -0.935. The minimum Gasteiger partial charge on any atom is -0.490 e. The number of hydrogen-bond donors (Lipinski definition) is 2. The molecule has 0 aliphatic carbocycles. The van der Waals surface area contributed by atoms with Crippen molar-refractivity contribution in [2.24, 2.45) is 0 Å². The van der Waals surface area contributed by atoms with Gasteiger partial charge in [0.05, 0.1) is 12.2 Å². The summed E-state index contributed by atoms with van der Waals surface area (Å²) in [5.41, 5.74) is 3.03. The lowest BCUT2D eigenvalue weighted by molar-refractivity contribution is 0.0697. The number of carboxylic acid groups (broad SMARTS) is 1. The average Bonchev–Trinajstić information content (AvgIpc) is 2.75. The molecule has 0 saturated heterocycles. The summed E-state index contributed by atoms with van der Waals surface area (Å²) in [6.45, 7) is 3.85. The van der Waals surface area contributed by atoms with E-state index in [9.17, 15) is 4.79 Å². The molecule has 0 amide bonds. The van der Waals surface area contributed by atoms with Gasteiger partial charge in [-0.05, 0) is 42.8 Å². The fourth-order valence-corrected chi connectivity index (χ4v) is 3.49. The predicted molar refractivity (Wildman–Crippen MR) is 130 cm³/mol. The Kier molecular flexibility index (Phi) is 10.1. The Balaban J connectivity index is 0.00000363. The summed E-state index contributed by atoms with van der Waals surface area (Å²) in [7, 11) is 0. The van der Waals surface area contributed by atoms with Crippen LogP contribution in [0.5, 0.6) is 11.5 Å². The van der Waals surface area contributed by atoms with E-state index in [0.717, 1.165) is 16.7 Å². The Morgan fingerprint density at radius 2 is 1.72 bits per heavy atom. The van der Waals surface area contributed by atoms with Gasteiger partial charge in [-0.1, -0.05) is 53.5 Å². The molecule has 0 aliphatic heterocycles. The Morgan fingerprint density at radius 1 is 0.969 bits per heavy atom. The maximum absolute atomic E-state index is 11.0. The first-order valence-electron chi connectivity index (χ1n) is 9.82. The van der Waals surface area contributed by atoms with Crippen LogP contribution in [0.3, 0.4) is 0 Å². The third-order valence-electron chi connectivity index (χ3n) is 4.59. The van der Waals surface area contributed by atoms with Gasteiger partial charge in [0.2, 0.25) is 0 Å². The number of benzene rings is 3. The van der Waals surface area contributed by atoms with Crippen LogP contribution in [-0.2, 0) is 19.7 Å². The summed E-state index contributed by atoms with van der Waals surface area (Å²) < 4.78 is 11.9. The Hall–Kier alpha value is -2.44. The topological polar surface area (TPSA) is 67.8 Å². The first-order chi connectivity index (χ1) is 15.0. The number of halogens is 3. The molecular formula is C24H24Cl3NO4. The summed E-state index contributed by atoms with van der Waals surface area (Å²) in [5, 5.41) is 13.5. The predicted octanol–water partition coefficient (Wildman–Crippen LogP) is 6.38. The van der Waals surface area contributed by atoms with E-state index in [-0.39, 0.29) is 24.6 Å². The zero-order chi connectivity index (χ0) is 22.2. The molecule has 0 atom stereocenters. The van der Waals surface area contributed by atoms with Gasteiger partial charge in [0.15, 0.2) is 11.5 Å². The monoisotopic (exact) mass is 495 g/mol. The van der Waals surface area contributed by atoms with E-state index < -0.39 is 5.97 Å². The quantitative estimate of drug-likeness (QED) is 0.341. The lowest BCUT2D eigenvalue weighted by Crippen LogP contribution is -2.14.